The molecule has 0 radical (unpaired) electrons. The molecule has 3 nitrogen and oxygen atoms in total. The molecule has 1 heterocycles. The molecule has 0 spiro atoms. The summed E-state index contributed by atoms with van der Waals surface area (Å²) in [7, 11) is 0. The van der Waals surface area contributed by atoms with Gasteiger partial charge in [-0.1, -0.05) is 23.7 Å². The van der Waals surface area contributed by atoms with Crippen LogP contribution in [0.1, 0.15) is 29.7 Å². The molecule has 1 aliphatic carbocycles. The monoisotopic (exact) mass is 287 g/mol. The maximum atomic E-state index is 10.8. The summed E-state index contributed by atoms with van der Waals surface area (Å²) in [4.78, 5) is 15.5. The van der Waals surface area contributed by atoms with Crippen molar-refractivity contribution < 1.29 is 9.90 Å². The molecule has 20 heavy (non-hydrogen) atoms. The minimum absolute atomic E-state index is 0.612. The molecule has 3 rings (SSSR count). The highest BCUT2D eigenvalue weighted by Gasteiger charge is 2.17. The first-order chi connectivity index (χ1) is 9.66. The van der Waals surface area contributed by atoms with Gasteiger partial charge in [0, 0.05) is 17.2 Å². The Morgan fingerprint density at radius 2 is 2.10 bits per heavy atom. The zero-order valence-electron chi connectivity index (χ0n) is 10.9. The lowest BCUT2D eigenvalue weighted by atomic mass is 9.89. The Labute approximate surface area is 121 Å². The fourth-order valence-corrected chi connectivity index (χ4v) is 3.01. The van der Waals surface area contributed by atoms with Crippen molar-refractivity contribution in [3.05, 3.63) is 46.1 Å². The number of rotatable bonds is 2. The van der Waals surface area contributed by atoms with E-state index in [1.807, 2.05) is 18.2 Å². The Balaban J connectivity index is 2.32. The number of aliphatic carboxylic acids is 1. The van der Waals surface area contributed by atoms with Gasteiger partial charge in [0.25, 0.3) is 0 Å². The summed E-state index contributed by atoms with van der Waals surface area (Å²) in [5.74, 6) is -0.943. The fourth-order valence-electron chi connectivity index (χ4n) is 2.79. The Morgan fingerprint density at radius 3 is 2.90 bits per heavy atom. The normalized spacial score (nSPS) is 14.7. The molecule has 0 atom stereocenters. The number of fused-ring (bicyclic) bond motifs is 2. The van der Waals surface area contributed by atoms with Crippen LogP contribution in [0.4, 0.5) is 0 Å². The van der Waals surface area contributed by atoms with Crippen molar-refractivity contribution in [2.75, 3.05) is 0 Å². The molecule has 0 amide bonds. The van der Waals surface area contributed by atoms with Crippen LogP contribution in [0, 0.1) is 0 Å². The maximum absolute atomic E-state index is 10.8. The first-order valence-corrected chi connectivity index (χ1v) is 7.05. The smallest absolute Gasteiger partial charge is 0.328 e. The van der Waals surface area contributed by atoms with Gasteiger partial charge in [0.2, 0.25) is 0 Å². The first-order valence-electron chi connectivity index (χ1n) is 6.68. The number of hydrogen-bond acceptors (Lipinski definition) is 2. The third kappa shape index (κ3) is 2.29. The minimum Gasteiger partial charge on any atom is -0.478 e. The number of pyridine rings is 1. The number of hydrogen-bond donors (Lipinski definition) is 1. The van der Waals surface area contributed by atoms with E-state index in [0.717, 1.165) is 47.8 Å². The summed E-state index contributed by atoms with van der Waals surface area (Å²) in [6, 6.07) is 5.64. The average molecular weight is 288 g/mol. The fraction of sp³-hybridized carbons (Fsp3) is 0.250. The van der Waals surface area contributed by atoms with Gasteiger partial charge in [-0.25, -0.2) is 4.79 Å². The number of carboxylic acids is 1. The molecule has 1 aliphatic rings. The Kier molecular flexibility index (Phi) is 3.45. The lowest BCUT2D eigenvalue weighted by Gasteiger charge is -2.19. The topological polar surface area (TPSA) is 50.2 Å². The molecular weight excluding hydrogens is 274 g/mol. The summed E-state index contributed by atoms with van der Waals surface area (Å²) >= 11 is 6.23. The van der Waals surface area contributed by atoms with E-state index in [1.54, 1.807) is 6.08 Å². The van der Waals surface area contributed by atoms with E-state index < -0.39 is 5.97 Å². The van der Waals surface area contributed by atoms with Gasteiger partial charge in [-0.2, -0.15) is 0 Å². The van der Waals surface area contributed by atoms with E-state index in [-0.39, 0.29) is 0 Å². The molecule has 1 N–H and O–H groups in total. The van der Waals surface area contributed by atoms with Gasteiger partial charge in [0.05, 0.1) is 10.5 Å². The van der Waals surface area contributed by atoms with Crippen LogP contribution >= 0.6 is 11.6 Å². The third-order valence-corrected chi connectivity index (χ3v) is 3.99. The lowest BCUT2D eigenvalue weighted by Crippen LogP contribution is -2.08. The highest BCUT2D eigenvalue weighted by atomic mass is 35.5. The van der Waals surface area contributed by atoms with Gasteiger partial charge >= 0.3 is 5.97 Å². The molecule has 4 heteroatoms. The number of carboxylic acid groups (broad SMARTS) is 1. The number of aromatic nitrogens is 1. The van der Waals surface area contributed by atoms with Crippen LogP contribution < -0.4 is 0 Å². The van der Waals surface area contributed by atoms with Crippen LogP contribution in [0.5, 0.6) is 0 Å². The number of carbonyl (C=O) groups is 1. The van der Waals surface area contributed by atoms with Crippen LogP contribution in [0.2, 0.25) is 5.02 Å². The van der Waals surface area contributed by atoms with Crippen LogP contribution in [0.15, 0.2) is 24.3 Å². The van der Waals surface area contributed by atoms with Gasteiger partial charge in [0.1, 0.15) is 0 Å². The van der Waals surface area contributed by atoms with Crippen molar-refractivity contribution in [3.8, 4) is 0 Å². The number of halogens is 1. The van der Waals surface area contributed by atoms with Crippen molar-refractivity contribution in [2.24, 2.45) is 0 Å². The zero-order chi connectivity index (χ0) is 14.1. The van der Waals surface area contributed by atoms with Gasteiger partial charge in [-0.05, 0) is 49.0 Å². The van der Waals surface area contributed by atoms with Gasteiger partial charge < -0.3 is 5.11 Å². The molecule has 0 unspecified atom stereocenters. The zero-order valence-corrected chi connectivity index (χ0v) is 11.7. The summed E-state index contributed by atoms with van der Waals surface area (Å²) < 4.78 is 0. The lowest BCUT2D eigenvalue weighted by molar-refractivity contribution is -0.131. The van der Waals surface area contributed by atoms with Crippen LogP contribution in [0.25, 0.3) is 17.0 Å². The van der Waals surface area contributed by atoms with Crippen LogP contribution in [-0.2, 0) is 17.6 Å². The standard InChI is InChI=1S/C16H14ClNO2/c17-13-6-3-5-12-10(8-9-15(19)20)11-4-1-2-7-14(11)18-16(12)13/h3,5-6,8-9H,1-2,4,7H2,(H,19,20)/b9-8+. The van der Waals surface area contributed by atoms with Crippen molar-refractivity contribution in [1.29, 1.82) is 0 Å². The van der Waals surface area contributed by atoms with Crippen molar-refractivity contribution in [3.63, 3.8) is 0 Å². The highest BCUT2D eigenvalue weighted by Crippen LogP contribution is 2.32. The SMILES string of the molecule is O=C(O)/C=C/c1c2c(nc3c(Cl)cccc13)CCCC2. The molecule has 0 saturated heterocycles. The first kappa shape index (κ1) is 13.1. The Hall–Kier alpha value is -1.87. The van der Waals surface area contributed by atoms with E-state index in [2.05, 4.69) is 4.98 Å². The maximum Gasteiger partial charge on any atom is 0.328 e. The van der Waals surface area contributed by atoms with E-state index in [4.69, 9.17) is 16.7 Å². The van der Waals surface area contributed by atoms with Crippen molar-refractivity contribution in [2.45, 2.75) is 25.7 Å². The van der Waals surface area contributed by atoms with E-state index >= 15 is 0 Å². The quantitative estimate of drug-likeness (QED) is 0.853. The van der Waals surface area contributed by atoms with Gasteiger partial charge in [0.15, 0.2) is 0 Å². The highest BCUT2D eigenvalue weighted by molar-refractivity contribution is 6.35. The van der Waals surface area contributed by atoms with E-state index in [0.29, 0.717) is 5.02 Å². The number of nitrogens with zero attached hydrogens (tertiary/aromatic N) is 1. The molecule has 1 aromatic heterocycles. The third-order valence-electron chi connectivity index (χ3n) is 3.68. The van der Waals surface area contributed by atoms with Gasteiger partial charge in [-0.15, -0.1) is 0 Å². The largest absolute Gasteiger partial charge is 0.478 e. The molecule has 102 valence electrons. The summed E-state index contributed by atoms with van der Waals surface area (Å²) in [6.07, 6.45) is 6.98. The van der Waals surface area contributed by atoms with Crippen LogP contribution in [0.3, 0.4) is 0 Å². The summed E-state index contributed by atoms with van der Waals surface area (Å²) in [5, 5.41) is 10.4. The number of para-hydroxylation sites is 1. The summed E-state index contributed by atoms with van der Waals surface area (Å²) in [6.45, 7) is 0. The molecular formula is C16H14ClNO2. The molecule has 0 aliphatic heterocycles. The Morgan fingerprint density at radius 1 is 1.30 bits per heavy atom. The van der Waals surface area contributed by atoms with E-state index in [1.165, 1.54) is 11.6 Å². The molecule has 0 bridgehead atoms. The molecule has 0 saturated carbocycles. The predicted octanol–water partition coefficient (Wildman–Crippen LogP) is 3.86. The predicted molar refractivity (Wildman–Crippen MR) is 80.1 cm³/mol. The molecule has 2 aromatic rings. The van der Waals surface area contributed by atoms with E-state index in [9.17, 15) is 4.79 Å². The number of aryl methyl sites for hydroxylation is 1. The average Bonchev–Trinajstić information content (AvgIpc) is 2.44. The van der Waals surface area contributed by atoms with Crippen molar-refractivity contribution >= 4 is 34.5 Å². The summed E-state index contributed by atoms with van der Waals surface area (Å²) in [5.41, 5.74) is 3.94. The van der Waals surface area contributed by atoms with Gasteiger partial charge in [-0.3, -0.25) is 4.98 Å². The second-order valence-electron chi connectivity index (χ2n) is 4.97. The second kappa shape index (κ2) is 5.25. The van der Waals surface area contributed by atoms with Crippen LogP contribution in [-0.4, -0.2) is 16.1 Å². The Bertz CT molecular complexity index is 722. The molecule has 1 aromatic carbocycles. The minimum atomic E-state index is -0.943. The second-order valence-corrected chi connectivity index (χ2v) is 5.37. The number of benzene rings is 1. The molecule has 0 fully saturated rings. The van der Waals surface area contributed by atoms with Crippen molar-refractivity contribution in [1.82, 2.24) is 4.98 Å².